The van der Waals surface area contributed by atoms with Crippen LogP contribution in [0.5, 0.6) is 0 Å². The molecule has 1 aliphatic heterocycles. The second-order valence-corrected chi connectivity index (χ2v) is 6.89. The molecule has 5 heteroatoms. The van der Waals surface area contributed by atoms with Crippen LogP contribution in [0.2, 0.25) is 0 Å². The number of sulfone groups is 1. The smallest absolute Gasteiger partial charge is 0.178 e. The molecule has 0 atom stereocenters. The first kappa shape index (κ1) is 13.4. The Morgan fingerprint density at radius 3 is 2.28 bits per heavy atom. The highest BCUT2D eigenvalue weighted by molar-refractivity contribution is 7.91. The molecule has 18 heavy (non-hydrogen) atoms. The Morgan fingerprint density at radius 1 is 1.22 bits per heavy atom. The first-order valence-electron chi connectivity index (χ1n) is 6.29. The number of aliphatic hydroxyl groups is 1. The van der Waals surface area contributed by atoms with Gasteiger partial charge in [0.15, 0.2) is 9.84 Å². The summed E-state index contributed by atoms with van der Waals surface area (Å²) in [5, 5.41) is 9.45. The van der Waals surface area contributed by atoms with E-state index in [0.29, 0.717) is 4.90 Å². The van der Waals surface area contributed by atoms with Gasteiger partial charge in [-0.15, -0.1) is 0 Å². The number of anilines is 1. The van der Waals surface area contributed by atoms with Gasteiger partial charge in [0.05, 0.1) is 16.8 Å². The van der Waals surface area contributed by atoms with Gasteiger partial charge < -0.3 is 10.0 Å². The van der Waals surface area contributed by atoms with Crippen molar-refractivity contribution in [3.05, 3.63) is 24.3 Å². The first-order chi connectivity index (χ1) is 8.53. The molecule has 1 heterocycles. The van der Waals surface area contributed by atoms with Crippen molar-refractivity contribution in [2.24, 2.45) is 0 Å². The second kappa shape index (κ2) is 5.28. The van der Waals surface area contributed by atoms with E-state index in [2.05, 4.69) is 4.90 Å². The van der Waals surface area contributed by atoms with Gasteiger partial charge in [-0.3, -0.25) is 0 Å². The maximum absolute atomic E-state index is 11.7. The van der Waals surface area contributed by atoms with Crippen LogP contribution in [0.3, 0.4) is 0 Å². The fraction of sp³-hybridized carbons (Fsp3) is 0.538. The Hall–Kier alpha value is -1.07. The van der Waals surface area contributed by atoms with Gasteiger partial charge in [-0.25, -0.2) is 8.42 Å². The normalized spacial score (nSPS) is 18.0. The van der Waals surface area contributed by atoms with Crippen molar-refractivity contribution in [2.45, 2.75) is 30.8 Å². The third kappa shape index (κ3) is 2.84. The van der Waals surface area contributed by atoms with E-state index < -0.39 is 9.84 Å². The highest BCUT2D eigenvalue weighted by Crippen LogP contribution is 2.22. The lowest BCUT2D eigenvalue weighted by molar-refractivity contribution is 0.145. The summed E-state index contributed by atoms with van der Waals surface area (Å²) in [6.45, 7) is 3.29. The SMILES string of the molecule is CCS(=O)(=O)c1ccc(N2CCC(O)CC2)cc1. The Labute approximate surface area is 108 Å². The molecule has 0 radical (unpaired) electrons. The predicted octanol–water partition coefficient (Wildman–Crippen LogP) is 1.44. The van der Waals surface area contributed by atoms with Gasteiger partial charge in [0.25, 0.3) is 0 Å². The molecule has 0 spiro atoms. The monoisotopic (exact) mass is 269 g/mol. The molecule has 0 bridgehead atoms. The molecule has 0 unspecified atom stereocenters. The zero-order valence-corrected chi connectivity index (χ0v) is 11.4. The van der Waals surface area contributed by atoms with Crippen LogP contribution in [0, 0.1) is 0 Å². The molecule has 1 fully saturated rings. The third-order valence-corrected chi connectivity index (χ3v) is 5.16. The Balaban J connectivity index is 2.13. The minimum Gasteiger partial charge on any atom is -0.393 e. The summed E-state index contributed by atoms with van der Waals surface area (Å²) in [6, 6.07) is 7.03. The molecule has 0 amide bonds. The first-order valence-corrected chi connectivity index (χ1v) is 7.94. The number of benzene rings is 1. The van der Waals surface area contributed by atoms with Gasteiger partial charge in [0, 0.05) is 18.8 Å². The van der Waals surface area contributed by atoms with E-state index in [1.807, 2.05) is 12.1 Å². The Bertz CT molecular complexity index is 487. The van der Waals surface area contributed by atoms with Crippen molar-refractivity contribution in [3.8, 4) is 0 Å². The molecular formula is C13H19NO3S. The average Bonchev–Trinajstić information content (AvgIpc) is 2.40. The minimum absolute atomic E-state index is 0.127. The van der Waals surface area contributed by atoms with Crippen molar-refractivity contribution in [3.63, 3.8) is 0 Å². The molecule has 1 aliphatic rings. The van der Waals surface area contributed by atoms with Crippen LogP contribution >= 0.6 is 0 Å². The molecule has 0 aliphatic carbocycles. The van der Waals surface area contributed by atoms with Gasteiger partial charge in [-0.2, -0.15) is 0 Å². The van der Waals surface area contributed by atoms with Crippen LogP contribution in [0.4, 0.5) is 5.69 Å². The van der Waals surface area contributed by atoms with Crippen molar-refractivity contribution in [1.82, 2.24) is 0 Å². The van der Waals surface area contributed by atoms with E-state index in [1.165, 1.54) is 0 Å². The van der Waals surface area contributed by atoms with Crippen LogP contribution in [0.25, 0.3) is 0 Å². The van der Waals surface area contributed by atoms with Crippen molar-refractivity contribution in [2.75, 3.05) is 23.7 Å². The summed E-state index contributed by atoms with van der Waals surface area (Å²) >= 11 is 0. The second-order valence-electron chi connectivity index (χ2n) is 4.62. The fourth-order valence-corrected chi connectivity index (χ4v) is 3.04. The van der Waals surface area contributed by atoms with Gasteiger partial charge in [-0.1, -0.05) is 6.92 Å². The average molecular weight is 269 g/mol. The van der Waals surface area contributed by atoms with Crippen LogP contribution in [-0.4, -0.2) is 38.5 Å². The number of hydrogen-bond acceptors (Lipinski definition) is 4. The van der Waals surface area contributed by atoms with Gasteiger partial charge >= 0.3 is 0 Å². The molecule has 0 aromatic heterocycles. The quantitative estimate of drug-likeness (QED) is 0.902. The summed E-state index contributed by atoms with van der Waals surface area (Å²) < 4.78 is 23.4. The van der Waals surface area contributed by atoms with Crippen molar-refractivity contribution in [1.29, 1.82) is 0 Å². The zero-order chi connectivity index (χ0) is 13.2. The Morgan fingerprint density at radius 2 is 1.78 bits per heavy atom. The number of rotatable bonds is 3. The summed E-state index contributed by atoms with van der Waals surface area (Å²) in [5.74, 6) is 0.127. The van der Waals surface area contributed by atoms with E-state index in [-0.39, 0.29) is 11.9 Å². The van der Waals surface area contributed by atoms with Gasteiger partial charge in [-0.05, 0) is 37.1 Å². The molecule has 100 valence electrons. The molecule has 1 N–H and O–H groups in total. The van der Waals surface area contributed by atoms with E-state index in [1.54, 1.807) is 19.1 Å². The van der Waals surface area contributed by atoms with E-state index in [0.717, 1.165) is 31.6 Å². The maximum Gasteiger partial charge on any atom is 0.178 e. The number of hydrogen-bond donors (Lipinski definition) is 1. The van der Waals surface area contributed by atoms with Gasteiger partial charge in [0.2, 0.25) is 0 Å². The fourth-order valence-electron chi connectivity index (χ4n) is 2.16. The summed E-state index contributed by atoms with van der Waals surface area (Å²) in [6.07, 6.45) is 1.35. The van der Waals surface area contributed by atoms with Crippen LogP contribution in [-0.2, 0) is 9.84 Å². The molecule has 0 saturated carbocycles. The molecule has 2 rings (SSSR count). The largest absolute Gasteiger partial charge is 0.393 e. The highest BCUT2D eigenvalue weighted by Gasteiger charge is 2.18. The number of nitrogens with zero attached hydrogens (tertiary/aromatic N) is 1. The highest BCUT2D eigenvalue weighted by atomic mass is 32.2. The minimum atomic E-state index is -3.11. The lowest BCUT2D eigenvalue weighted by atomic mass is 10.1. The topological polar surface area (TPSA) is 57.6 Å². The van der Waals surface area contributed by atoms with Crippen LogP contribution in [0.1, 0.15) is 19.8 Å². The number of piperidine rings is 1. The zero-order valence-electron chi connectivity index (χ0n) is 10.5. The summed E-state index contributed by atoms with van der Waals surface area (Å²) in [4.78, 5) is 2.56. The predicted molar refractivity (Wildman–Crippen MR) is 71.6 cm³/mol. The van der Waals surface area contributed by atoms with E-state index in [9.17, 15) is 13.5 Å². The van der Waals surface area contributed by atoms with Crippen LogP contribution < -0.4 is 4.90 Å². The van der Waals surface area contributed by atoms with Crippen LogP contribution in [0.15, 0.2) is 29.2 Å². The molecular weight excluding hydrogens is 250 g/mol. The molecule has 1 aromatic carbocycles. The number of aliphatic hydroxyl groups excluding tert-OH is 1. The molecule has 4 nitrogen and oxygen atoms in total. The van der Waals surface area contributed by atoms with Crippen molar-refractivity contribution >= 4 is 15.5 Å². The lowest BCUT2D eigenvalue weighted by Crippen LogP contribution is -2.35. The maximum atomic E-state index is 11.7. The lowest BCUT2D eigenvalue weighted by Gasteiger charge is -2.31. The molecule has 1 saturated heterocycles. The van der Waals surface area contributed by atoms with E-state index in [4.69, 9.17) is 0 Å². The third-order valence-electron chi connectivity index (χ3n) is 3.41. The summed E-state index contributed by atoms with van der Waals surface area (Å²) in [7, 11) is -3.11. The standard InChI is InChI=1S/C13H19NO3S/c1-2-18(16,17)13-5-3-11(4-6-13)14-9-7-12(15)8-10-14/h3-6,12,15H,2,7-10H2,1H3. The Kier molecular flexibility index (Phi) is 3.92. The van der Waals surface area contributed by atoms with E-state index >= 15 is 0 Å². The molecule has 1 aromatic rings. The summed E-state index contributed by atoms with van der Waals surface area (Å²) in [5.41, 5.74) is 1.02. The van der Waals surface area contributed by atoms with Gasteiger partial charge in [0.1, 0.15) is 0 Å². The van der Waals surface area contributed by atoms with Crippen molar-refractivity contribution < 1.29 is 13.5 Å².